The number of pyridine rings is 1. The first-order valence-electron chi connectivity index (χ1n) is 18.0. The maximum atomic E-state index is 6.61. The minimum atomic E-state index is 0.656. The fourth-order valence-corrected chi connectivity index (χ4v) is 8.93. The van der Waals surface area contributed by atoms with Crippen molar-refractivity contribution in [3.05, 3.63) is 176 Å². The van der Waals surface area contributed by atoms with Gasteiger partial charge in [-0.05, 0) is 47.5 Å². The van der Waals surface area contributed by atoms with Crippen molar-refractivity contribution >= 4 is 64.4 Å². The second-order valence-corrected chi connectivity index (χ2v) is 14.6. The fourth-order valence-electron chi connectivity index (χ4n) is 7.69. The Hall–Kier alpha value is -6.95. The largest absolute Gasteiger partial charge is 0.454 e. The lowest BCUT2D eigenvalue weighted by atomic mass is 10.00. The monoisotopic (exact) mass is 707 g/mol. The van der Waals surface area contributed by atoms with E-state index in [1.807, 2.05) is 59.9 Å². The summed E-state index contributed by atoms with van der Waals surface area (Å²) in [6.45, 7) is 0. The highest BCUT2D eigenvalue weighted by molar-refractivity contribution is 7.26. The van der Waals surface area contributed by atoms with Gasteiger partial charge >= 0.3 is 0 Å². The first-order chi connectivity index (χ1) is 26.7. The molecule has 0 aliphatic rings. The highest BCUT2D eigenvalue weighted by atomic mass is 32.1. The predicted octanol–water partition coefficient (Wildman–Crippen LogP) is 13.6. The molecule has 7 aromatic carbocycles. The second kappa shape index (κ2) is 12.3. The molecule has 0 radical (unpaired) electrons. The number of hydrogen-bond acceptors (Lipinski definition) is 5. The molecule has 0 bridgehead atoms. The van der Waals surface area contributed by atoms with Gasteiger partial charge in [-0.2, -0.15) is 0 Å². The molecule has 0 N–H and O–H groups in total. The van der Waals surface area contributed by atoms with E-state index in [4.69, 9.17) is 19.4 Å². The summed E-state index contributed by atoms with van der Waals surface area (Å²) in [6.07, 6.45) is 0. The zero-order valence-electron chi connectivity index (χ0n) is 28.9. The van der Waals surface area contributed by atoms with Crippen LogP contribution in [-0.4, -0.2) is 15.0 Å². The van der Waals surface area contributed by atoms with Crippen molar-refractivity contribution in [2.45, 2.75) is 0 Å². The zero-order chi connectivity index (χ0) is 35.6. The van der Waals surface area contributed by atoms with Crippen LogP contribution in [0.15, 0.2) is 180 Å². The normalized spacial score (nSPS) is 11.7. The van der Waals surface area contributed by atoms with Gasteiger partial charge in [0.1, 0.15) is 11.3 Å². The molecule has 0 fully saturated rings. The number of fused-ring (bicyclic) bond motifs is 8. The molecule has 0 spiro atoms. The lowest BCUT2D eigenvalue weighted by molar-refractivity contribution is 0.669. The fraction of sp³-hybridized carbons (Fsp3) is 0. The van der Waals surface area contributed by atoms with Gasteiger partial charge in [0, 0.05) is 58.6 Å². The van der Waals surface area contributed by atoms with Gasteiger partial charge in [0.25, 0.3) is 0 Å². The van der Waals surface area contributed by atoms with Crippen LogP contribution in [0.3, 0.4) is 0 Å². The maximum Gasteiger partial charge on any atom is 0.162 e. The molecular weight excluding hydrogens is 679 g/mol. The number of rotatable bonds is 5. The number of para-hydroxylation sites is 1. The van der Waals surface area contributed by atoms with Crippen LogP contribution < -0.4 is 0 Å². The van der Waals surface area contributed by atoms with Crippen LogP contribution in [0.2, 0.25) is 0 Å². The summed E-state index contributed by atoms with van der Waals surface area (Å²) >= 11 is 1.85. The number of thiophene rings is 1. The van der Waals surface area contributed by atoms with Crippen molar-refractivity contribution in [3.63, 3.8) is 0 Å². The Morgan fingerprint density at radius 2 is 1.06 bits per heavy atom. The SMILES string of the molecule is c1ccc(-c2cc(-c3ccc(-c4cccc5c4sc4ccccc45)cc3)nc(-c3ccc4oc5c(-c6ccccc6)nc6ccccc6c5c4c3)n2)cc1. The molecule has 0 saturated heterocycles. The van der Waals surface area contributed by atoms with Crippen LogP contribution in [0.4, 0.5) is 0 Å². The van der Waals surface area contributed by atoms with Crippen molar-refractivity contribution in [2.24, 2.45) is 0 Å². The quantitative estimate of drug-likeness (QED) is 0.179. The predicted molar refractivity (Wildman–Crippen MR) is 225 cm³/mol. The Kier molecular flexibility index (Phi) is 7.00. The Labute approximate surface area is 314 Å². The van der Waals surface area contributed by atoms with Gasteiger partial charge in [0.05, 0.1) is 16.9 Å². The first kappa shape index (κ1) is 30.7. The van der Waals surface area contributed by atoms with Crippen molar-refractivity contribution in [2.75, 3.05) is 0 Å². The molecular formula is C49H29N3OS. The Morgan fingerprint density at radius 3 is 1.85 bits per heavy atom. The smallest absolute Gasteiger partial charge is 0.162 e. The van der Waals surface area contributed by atoms with Crippen LogP contribution in [-0.2, 0) is 0 Å². The van der Waals surface area contributed by atoms with Gasteiger partial charge in [-0.25, -0.2) is 15.0 Å². The first-order valence-corrected chi connectivity index (χ1v) is 18.8. The van der Waals surface area contributed by atoms with Gasteiger partial charge in [-0.3, -0.25) is 0 Å². The van der Waals surface area contributed by atoms with E-state index in [1.54, 1.807) is 0 Å². The minimum absolute atomic E-state index is 0.656. The lowest BCUT2D eigenvalue weighted by Gasteiger charge is -2.10. The molecule has 252 valence electrons. The summed E-state index contributed by atoms with van der Waals surface area (Å²) in [4.78, 5) is 15.5. The van der Waals surface area contributed by atoms with Gasteiger partial charge in [0.15, 0.2) is 11.4 Å². The molecule has 0 amide bonds. The molecule has 0 aliphatic heterocycles. The Balaban J connectivity index is 1.07. The van der Waals surface area contributed by atoms with Crippen LogP contribution in [0.1, 0.15) is 0 Å². The Bertz CT molecular complexity index is 3200. The summed E-state index contributed by atoms with van der Waals surface area (Å²) < 4.78 is 9.23. The standard InChI is InChI=1S/C49H29N3OS/c1-3-12-31(13-4-1)41-29-42(32-24-22-30(23-25-32)35-18-11-19-37-36-16-8-10-21-44(36)54-48(35)37)52-49(51-41)34-26-27-43-39(28-34)45-38-17-7-9-20-40(38)50-46(47(45)53-43)33-14-5-2-6-15-33/h1-29H. The number of nitrogens with zero attached hydrogens (tertiary/aromatic N) is 3. The average Bonchev–Trinajstić information content (AvgIpc) is 3.83. The molecule has 0 unspecified atom stereocenters. The molecule has 4 nitrogen and oxygen atoms in total. The molecule has 0 aliphatic carbocycles. The molecule has 54 heavy (non-hydrogen) atoms. The van der Waals surface area contributed by atoms with E-state index in [9.17, 15) is 0 Å². The van der Waals surface area contributed by atoms with Crippen LogP contribution in [0, 0.1) is 0 Å². The minimum Gasteiger partial charge on any atom is -0.454 e. The van der Waals surface area contributed by atoms with Crippen molar-refractivity contribution in [1.82, 2.24) is 15.0 Å². The van der Waals surface area contributed by atoms with Crippen molar-refractivity contribution in [3.8, 4) is 56.3 Å². The molecule has 5 heteroatoms. The van der Waals surface area contributed by atoms with Gasteiger partial charge < -0.3 is 4.42 Å². The zero-order valence-corrected chi connectivity index (χ0v) is 29.7. The summed E-state index contributed by atoms with van der Waals surface area (Å²) in [6, 6.07) is 61.3. The molecule has 0 saturated carbocycles. The number of benzene rings is 7. The van der Waals surface area contributed by atoms with E-state index in [-0.39, 0.29) is 0 Å². The molecule has 0 atom stereocenters. The van der Waals surface area contributed by atoms with E-state index >= 15 is 0 Å². The van der Waals surface area contributed by atoms with E-state index in [0.29, 0.717) is 5.82 Å². The highest BCUT2D eigenvalue weighted by Gasteiger charge is 2.19. The third kappa shape index (κ3) is 5.01. The summed E-state index contributed by atoms with van der Waals surface area (Å²) in [5.74, 6) is 0.656. The second-order valence-electron chi connectivity index (χ2n) is 13.5. The number of furan rings is 1. The van der Waals surface area contributed by atoms with Gasteiger partial charge in [0.2, 0.25) is 0 Å². The summed E-state index contributed by atoms with van der Waals surface area (Å²) in [5, 5.41) is 5.71. The van der Waals surface area contributed by atoms with Gasteiger partial charge in [-0.15, -0.1) is 11.3 Å². The number of aromatic nitrogens is 3. The third-order valence-electron chi connectivity index (χ3n) is 10.3. The summed E-state index contributed by atoms with van der Waals surface area (Å²) in [7, 11) is 0. The average molecular weight is 708 g/mol. The van der Waals surface area contributed by atoms with E-state index in [1.165, 1.54) is 31.3 Å². The van der Waals surface area contributed by atoms with Gasteiger partial charge in [-0.1, -0.05) is 140 Å². The van der Waals surface area contributed by atoms with E-state index in [0.717, 1.165) is 72.2 Å². The highest BCUT2D eigenvalue weighted by Crippen LogP contribution is 2.42. The molecule has 4 aromatic heterocycles. The van der Waals surface area contributed by atoms with Crippen LogP contribution >= 0.6 is 11.3 Å². The van der Waals surface area contributed by atoms with E-state index < -0.39 is 0 Å². The third-order valence-corrected chi connectivity index (χ3v) is 11.5. The van der Waals surface area contributed by atoms with E-state index in [2.05, 4.69) is 127 Å². The van der Waals surface area contributed by atoms with Crippen LogP contribution in [0.5, 0.6) is 0 Å². The Morgan fingerprint density at radius 1 is 0.426 bits per heavy atom. The summed E-state index contributed by atoms with van der Waals surface area (Å²) in [5.41, 5.74) is 11.5. The topological polar surface area (TPSA) is 51.8 Å². The molecule has 4 heterocycles. The lowest BCUT2D eigenvalue weighted by Crippen LogP contribution is -1.96. The maximum absolute atomic E-state index is 6.61. The molecule has 11 aromatic rings. The van der Waals surface area contributed by atoms with Crippen LogP contribution in [0.25, 0.3) is 109 Å². The molecule has 11 rings (SSSR count). The van der Waals surface area contributed by atoms with Crippen molar-refractivity contribution < 1.29 is 4.42 Å². The van der Waals surface area contributed by atoms with Crippen molar-refractivity contribution in [1.29, 1.82) is 0 Å². The number of hydrogen-bond donors (Lipinski definition) is 0.